The van der Waals surface area contributed by atoms with E-state index in [1.165, 1.54) is 0 Å². The molecule has 1 aromatic rings. The van der Waals surface area contributed by atoms with Crippen LogP contribution in [0.4, 0.5) is 0 Å². The molecule has 1 aliphatic heterocycles. The van der Waals surface area contributed by atoms with E-state index in [-0.39, 0.29) is 24.5 Å². The van der Waals surface area contributed by atoms with Gasteiger partial charge in [0.1, 0.15) is 5.69 Å². The third kappa shape index (κ3) is 4.45. The van der Waals surface area contributed by atoms with Gasteiger partial charge in [-0.3, -0.25) is 14.5 Å². The highest BCUT2D eigenvalue weighted by Crippen LogP contribution is 2.14. The van der Waals surface area contributed by atoms with Gasteiger partial charge in [-0.15, -0.1) is 0 Å². The fraction of sp³-hybridized carbons (Fsp3) is 0.538. The number of carbonyl (C=O) groups is 2. The molecule has 1 saturated heterocycles. The summed E-state index contributed by atoms with van der Waals surface area (Å²) in [7, 11) is 1.79. The number of nitrogens with two attached hydrogens (primary N) is 1. The molecular weight excluding hydrogens is 296 g/mol. The van der Waals surface area contributed by atoms with Gasteiger partial charge in [0.25, 0.3) is 5.91 Å². The molecule has 1 atom stereocenters. The van der Waals surface area contributed by atoms with Crippen LogP contribution in [0.3, 0.4) is 0 Å². The first-order valence-corrected chi connectivity index (χ1v) is 7.05. The molecular formula is C13H19ClN4O3. The minimum Gasteiger partial charge on any atom is -0.373 e. The minimum atomic E-state index is -0.387. The topological polar surface area (TPSA) is 91.7 Å². The maximum Gasteiger partial charge on any atom is 0.270 e. The van der Waals surface area contributed by atoms with Crippen molar-refractivity contribution >= 4 is 23.4 Å². The van der Waals surface area contributed by atoms with Crippen LogP contribution >= 0.6 is 11.6 Å². The van der Waals surface area contributed by atoms with E-state index < -0.39 is 0 Å². The first-order chi connectivity index (χ1) is 9.95. The van der Waals surface area contributed by atoms with Crippen LogP contribution in [-0.4, -0.2) is 72.5 Å². The molecule has 0 bridgehead atoms. The van der Waals surface area contributed by atoms with Gasteiger partial charge in [0, 0.05) is 25.8 Å². The summed E-state index contributed by atoms with van der Waals surface area (Å²) in [6, 6.07) is 1.60. The third-order valence-electron chi connectivity index (χ3n) is 3.25. The number of aromatic amines is 1. The second-order valence-corrected chi connectivity index (χ2v) is 5.58. The molecule has 2 amide bonds. The highest BCUT2D eigenvalue weighted by atomic mass is 35.5. The standard InChI is InChI=1S/C13H19ClN4O3/c1-17(8-12(15)19)6-10-7-18(2-3-21-10)13(20)11-4-9(14)5-16-11/h4-5,10,16H,2-3,6-8H2,1H3,(H2,15,19)/t10-/m0/s1. The van der Waals surface area contributed by atoms with Crippen LogP contribution < -0.4 is 5.73 Å². The van der Waals surface area contributed by atoms with Gasteiger partial charge in [0.05, 0.1) is 24.3 Å². The monoisotopic (exact) mass is 314 g/mol. The number of hydrogen-bond donors (Lipinski definition) is 2. The highest BCUT2D eigenvalue weighted by Gasteiger charge is 2.26. The van der Waals surface area contributed by atoms with E-state index in [4.69, 9.17) is 22.1 Å². The summed E-state index contributed by atoms with van der Waals surface area (Å²) in [6.45, 7) is 2.18. The predicted octanol–water partition coefficient (Wildman–Crippen LogP) is -0.0738. The summed E-state index contributed by atoms with van der Waals surface area (Å²) >= 11 is 5.81. The lowest BCUT2D eigenvalue weighted by atomic mass is 10.2. The zero-order valence-corrected chi connectivity index (χ0v) is 12.6. The normalized spacial score (nSPS) is 19.0. The summed E-state index contributed by atoms with van der Waals surface area (Å²) in [4.78, 5) is 29.5. The second-order valence-electron chi connectivity index (χ2n) is 5.14. The van der Waals surface area contributed by atoms with Gasteiger partial charge in [0.15, 0.2) is 0 Å². The van der Waals surface area contributed by atoms with E-state index in [1.54, 1.807) is 29.1 Å². The molecule has 0 aromatic carbocycles. The average molecular weight is 315 g/mol. The minimum absolute atomic E-state index is 0.104. The molecule has 21 heavy (non-hydrogen) atoms. The lowest BCUT2D eigenvalue weighted by molar-refractivity contribution is -0.119. The highest BCUT2D eigenvalue weighted by molar-refractivity contribution is 6.30. The fourth-order valence-electron chi connectivity index (χ4n) is 2.35. The van der Waals surface area contributed by atoms with Crippen LogP contribution in [-0.2, 0) is 9.53 Å². The largest absolute Gasteiger partial charge is 0.373 e. The van der Waals surface area contributed by atoms with Gasteiger partial charge in [-0.1, -0.05) is 11.6 Å². The van der Waals surface area contributed by atoms with E-state index in [1.807, 2.05) is 0 Å². The van der Waals surface area contributed by atoms with Crippen molar-refractivity contribution in [1.29, 1.82) is 0 Å². The Hall–Kier alpha value is -1.57. The van der Waals surface area contributed by atoms with Crippen LogP contribution in [0.1, 0.15) is 10.5 Å². The SMILES string of the molecule is CN(CC(N)=O)C[C@H]1CN(C(=O)c2cc(Cl)c[nH]2)CCO1. The quantitative estimate of drug-likeness (QED) is 0.795. The van der Waals surface area contributed by atoms with Gasteiger partial charge >= 0.3 is 0 Å². The molecule has 2 rings (SSSR count). The number of hydrogen-bond acceptors (Lipinski definition) is 4. The number of H-pyrrole nitrogens is 1. The number of morpholine rings is 1. The third-order valence-corrected chi connectivity index (χ3v) is 3.46. The van der Waals surface area contributed by atoms with Gasteiger partial charge in [0.2, 0.25) is 5.91 Å². The van der Waals surface area contributed by atoms with E-state index in [2.05, 4.69) is 4.98 Å². The van der Waals surface area contributed by atoms with Gasteiger partial charge in [-0.2, -0.15) is 0 Å². The summed E-state index contributed by atoms with van der Waals surface area (Å²) in [5.74, 6) is -0.491. The molecule has 0 unspecified atom stereocenters. The first kappa shape index (κ1) is 15.8. The van der Waals surface area contributed by atoms with Crippen molar-refractivity contribution in [3.63, 3.8) is 0 Å². The van der Waals surface area contributed by atoms with Gasteiger partial charge in [-0.25, -0.2) is 0 Å². The van der Waals surface area contributed by atoms with E-state index in [0.29, 0.717) is 37.0 Å². The summed E-state index contributed by atoms with van der Waals surface area (Å²) in [6.07, 6.45) is 1.44. The van der Waals surface area contributed by atoms with Crippen molar-refractivity contribution < 1.29 is 14.3 Å². The Labute approximate surface area is 128 Å². The molecule has 0 spiro atoms. The van der Waals surface area contributed by atoms with Crippen LogP contribution in [0.2, 0.25) is 5.02 Å². The van der Waals surface area contributed by atoms with Crippen molar-refractivity contribution in [2.75, 3.05) is 39.8 Å². The number of halogens is 1. The van der Waals surface area contributed by atoms with Gasteiger partial charge in [-0.05, 0) is 13.1 Å². The molecule has 116 valence electrons. The van der Waals surface area contributed by atoms with E-state index in [9.17, 15) is 9.59 Å². The smallest absolute Gasteiger partial charge is 0.270 e. The summed E-state index contributed by atoms with van der Waals surface area (Å²) < 4.78 is 5.63. The predicted molar refractivity (Wildman–Crippen MR) is 78.1 cm³/mol. The molecule has 1 fully saturated rings. The Morgan fingerprint density at radius 3 is 3.00 bits per heavy atom. The van der Waals surface area contributed by atoms with Crippen molar-refractivity contribution in [3.05, 3.63) is 23.0 Å². The molecule has 2 heterocycles. The number of amides is 2. The van der Waals surface area contributed by atoms with Crippen LogP contribution in [0.5, 0.6) is 0 Å². The number of likely N-dealkylation sites (N-methyl/N-ethyl adjacent to an activating group) is 1. The molecule has 7 nitrogen and oxygen atoms in total. The number of aromatic nitrogens is 1. The number of nitrogens with zero attached hydrogens (tertiary/aromatic N) is 2. The number of primary amides is 1. The first-order valence-electron chi connectivity index (χ1n) is 6.67. The molecule has 8 heteroatoms. The Morgan fingerprint density at radius 1 is 1.62 bits per heavy atom. The second kappa shape index (κ2) is 6.93. The zero-order valence-electron chi connectivity index (χ0n) is 11.8. The lowest BCUT2D eigenvalue weighted by Gasteiger charge is -2.34. The number of nitrogens with one attached hydrogen (secondary N) is 1. The maximum absolute atomic E-state index is 12.3. The number of ether oxygens (including phenoxy) is 1. The summed E-state index contributed by atoms with van der Waals surface area (Å²) in [5, 5.41) is 0.504. The van der Waals surface area contributed by atoms with Crippen molar-refractivity contribution in [2.45, 2.75) is 6.10 Å². The van der Waals surface area contributed by atoms with Gasteiger partial charge < -0.3 is 20.4 Å². The van der Waals surface area contributed by atoms with E-state index in [0.717, 1.165) is 0 Å². The Bertz CT molecular complexity index is 519. The number of carbonyl (C=O) groups excluding carboxylic acids is 2. The van der Waals surface area contributed by atoms with E-state index >= 15 is 0 Å². The van der Waals surface area contributed by atoms with Crippen molar-refractivity contribution in [3.8, 4) is 0 Å². The Balaban J connectivity index is 1.91. The Kier molecular flexibility index (Phi) is 5.22. The lowest BCUT2D eigenvalue weighted by Crippen LogP contribution is -2.50. The maximum atomic E-state index is 12.3. The van der Waals surface area contributed by atoms with Crippen LogP contribution in [0, 0.1) is 0 Å². The van der Waals surface area contributed by atoms with Crippen molar-refractivity contribution in [1.82, 2.24) is 14.8 Å². The Morgan fingerprint density at radius 2 is 2.38 bits per heavy atom. The molecule has 1 aromatic heterocycles. The summed E-state index contributed by atoms with van der Waals surface area (Å²) in [5.41, 5.74) is 5.61. The molecule has 1 aliphatic rings. The average Bonchev–Trinajstić information content (AvgIpc) is 2.84. The van der Waals surface area contributed by atoms with Crippen LogP contribution in [0.25, 0.3) is 0 Å². The fourth-order valence-corrected chi connectivity index (χ4v) is 2.52. The zero-order chi connectivity index (χ0) is 15.4. The van der Waals surface area contributed by atoms with Crippen molar-refractivity contribution in [2.24, 2.45) is 5.73 Å². The molecule has 3 N–H and O–H groups in total. The van der Waals surface area contributed by atoms with Crippen LogP contribution in [0.15, 0.2) is 12.3 Å². The number of rotatable bonds is 5. The molecule has 0 aliphatic carbocycles. The molecule has 0 saturated carbocycles. The molecule has 0 radical (unpaired) electrons.